The molecule has 0 atom stereocenters. The van der Waals surface area contributed by atoms with E-state index in [0.717, 1.165) is 6.20 Å². The molecule has 1 aromatic heterocycles. The highest BCUT2D eigenvalue weighted by Gasteiger charge is 2.15. The summed E-state index contributed by atoms with van der Waals surface area (Å²) in [6, 6.07) is 3.15. The zero-order valence-corrected chi connectivity index (χ0v) is 13.3. The van der Waals surface area contributed by atoms with Crippen molar-refractivity contribution < 1.29 is 23.9 Å². The van der Waals surface area contributed by atoms with Crippen LogP contribution in [-0.2, 0) is 11.3 Å². The normalized spacial score (nSPS) is 10.1. The Morgan fingerprint density at radius 1 is 1.25 bits per heavy atom. The first-order valence-electron chi connectivity index (χ1n) is 6.75. The molecule has 10 heteroatoms. The number of carbonyl (C=O) groups is 1. The quantitative estimate of drug-likeness (QED) is 0.600. The minimum atomic E-state index is -0.583. The van der Waals surface area contributed by atoms with E-state index < -0.39 is 10.8 Å². The number of hydrogen-bond donors (Lipinski definition) is 1. The summed E-state index contributed by atoms with van der Waals surface area (Å²) < 4.78 is 16.8. The van der Waals surface area contributed by atoms with Gasteiger partial charge >= 0.3 is 5.69 Å². The zero-order chi connectivity index (χ0) is 17.7. The van der Waals surface area contributed by atoms with Gasteiger partial charge < -0.3 is 19.5 Å². The van der Waals surface area contributed by atoms with E-state index in [2.05, 4.69) is 10.4 Å². The maximum absolute atomic E-state index is 12.1. The number of nitro groups is 1. The molecule has 0 saturated carbocycles. The van der Waals surface area contributed by atoms with Gasteiger partial charge in [-0.1, -0.05) is 0 Å². The summed E-state index contributed by atoms with van der Waals surface area (Å²) in [6.07, 6.45) is 2.25. The zero-order valence-electron chi connectivity index (χ0n) is 13.3. The second kappa shape index (κ2) is 7.31. The third-order valence-electron chi connectivity index (χ3n) is 3.08. The summed E-state index contributed by atoms with van der Waals surface area (Å²) in [5.41, 5.74) is 0.242. The standard InChI is InChI=1S/C14H16N4O6/c1-22-11-4-9(5-12(23-2)14(11)24-3)16-13(19)8-17-7-10(6-15-17)18(20)21/h4-7H,8H2,1-3H3,(H,16,19). The first-order valence-corrected chi connectivity index (χ1v) is 6.75. The van der Waals surface area contributed by atoms with Gasteiger partial charge in [-0.25, -0.2) is 0 Å². The molecule has 0 aliphatic rings. The van der Waals surface area contributed by atoms with Crippen molar-refractivity contribution in [3.8, 4) is 17.2 Å². The van der Waals surface area contributed by atoms with Gasteiger partial charge in [0.25, 0.3) is 0 Å². The molecule has 0 spiro atoms. The Hall–Kier alpha value is -3.30. The van der Waals surface area contributed by atoms with Crippen LogP contribution in [0.5, 0.6) is 17.2 Å². The van der Waals surface area contributed by atoms with E-state index in [9.17, 15) is 14.9 Å². The van der Waals surface area contributed by atoms with Crippen molar-refractivity contribution in [2.24, 2.45) is 0 Å². The van der Waals surface area contributed by atoms with Crippen LogP contribution in [0, 0.1) is 10.1 Å². The number of methoxy groups -OCH3 is 3. The predicted octanol–water partition coefficient (Wildman–Crippen LogP) is 1.46. The van der Waals surface area contributed by atoms with Gasteiger partial charge in [0.05, 0.1) is 26.3 Å². The summed E-state index contributed by atoms with van der Waals surface area (Å²) >= 11 is 0. The molecule has 2 rings (SSSR count). The lowest BCUT2D eigenvalue weighted by atomic mass is 10.2. The largest absolute Gasteiger partial charge is 0.493 e. The molecule has 2 aromatic rings. The summed E-state index contributed by atoms with van der Waals surface area (Å²) in [7, 11) is 4.40. The number of nitrogens with zero attached hydrogens (tertiary/aromatic N) is 3. The highest BCUT2D eigenvalue weighted by molar-refractivity contribution is 5.91. The van der Waals surface area contributed by atoms with Gasteiger partial charge in [-0.15, -0.1) is 0 Å². The molecule has 0 fully saturated rings. The van der Waals surface area contributed by atoms with Crippen molar-refractivity contribution in [1.82, 2.24) is 9.78 Å². The number of ether oxygens (including phenoxy) is 3. The summed E-state index contributed by atoms with van der Waals surface area (Å²) in [5.74, 6) is 0.770. The number of rotatable bonds is 7. The van der Waals surface area contributed by atoms with E-state index in [0.29, 0.717) is 22.9 Å². The fourth-order valence-electron chi connectivity index (χ4n) is 2.03. The van der Waals surface area contributed by atoms with E-state index in [1.165, 1.54) is 32.2 Å². The van der Waals surface area contributed by atoms with Crippen LogP contribution in [0.2, 0.25) is 0 Å². The molecule has 0 bridgehead atoms. The van der Waals surface area contributed by atoms with Crippen LogP contribution in [0.1, 0.15) is 0 Å². The van der Waals surface area contributed by atoms with Crippen LogP contribution in [-0.4, -0.2) is 41.9 Å². The molecule has 10 nitrogen and oxygen atoms in total. The highest BCUT2D eigenvalue weighted by Crippen LogP contribution is 2.39. The molecule has 0 aliphatic heterocycles. The first-order chi connectivity index (χ1) is 11.5. The molecular formula is C14H16N4O6. The predicted molar refractivity (Wildman–Crippen MR) is 83.6 cm³/mol. The minimum absolute atomic E-state index is 0.176. The third-order valence-corrected chi connectivity index (χ3v) is 3.08. The highest BCUT2D eigenvalue weighted by atomic mass is 16.6. The average Bonchev–Trinajstić information content (AvgIpc) is 3.02. The monoisotopic (exact) mass is 336 g/mol. The van der Waals surface area contributed by atoms with Crippen molar-refractivity contribution in [2.45, 2.75) is 6.54 Å². The van der Waals surface area contributed by atoms with E-state index in [1.54, 1.807) is 12.1 Å². The lowest BCUT2D eigenvalue weighted by Gasteiger charge is -2.14. The van der Waals surface area contributed by atoms with E-state index in [-0.39, 0.29) is 12.2 Å². The van der Waals surface area contributed by atoms with Gasteiger partial charge in [0.1, 0.15) is 18.9 Å². The van der Waals surface area contributed by atoms with E-state index in [4.69, 9.17) is 14.2 Å². The molecule has 0 unspecified atom stereocenters. The van der Waals surface area contributed by atoms with Gasteiger partial charge in [-0.2, -0.15) is 5.10 Å². The number of carbonyl (C=O) groups excluding carboxylic acids is 1. The topological polar surface area (TPSA) is 118 Å². The molecule has 1 N–H and O–H groups in total. The second-order valence-corrected chi connectivity index (χ2v) is 4.62. The fraction of sp³-hybridized carbons (Fsp3) is 0.286. The van der Waals surface area contributed by atoms with Crippen LogP contribution in [0.4, 0.5) is 11.4 Å². The van der Waals surface area contributed by atoms with Gasteiger partial charge in [0.2, 0.25) is 11.7 Å². The molecule has 1 aromatic carbocycles. The average molecular weight is 336 g/mol. The van der Waals surface area contributed by atoms with E-state index in [1.807, 2.05) is 0 Å². The molecule has 0 aliphatic carbocycles. The van der Waals surface area contributed by atoms with Gasteiger partial charge in [0.15, 0.2) is 11.5 Å². The maximum atomic E-state index is 12.1. The van der Waals surface area contributed by atoms with E-state index >= 15 is 0 Å². The summed E-state index contributed by atoms with van der Waals surface area (Å²) in [4.78, 5) is 22.1. The van der Waals surface area contributed by atoms with Gasteiger partial charge in [0, 0.05) is 17.8 Å². The fourth-order valence-corrected chi connectivity index (χ4v) is 2.03. The molecule has 24 heavy (non-hydrogen) atoms. The third kappa shape index (κ3) is 3.72. The number of benzene rings is 1. The van der Waals surface area contributed by atoms with Crippen LogP contribution in [0.3, 0.4) is 0 Å². The molecule has 1 heterocycles. The van der Waals surface area contributed by atoms with Crippen molar-refractivity contribution >= 4 is 17.3 Å². The number of nitrogens with one attached hydrogen (secondary N) is 1. The van der Waals surface area contributed by atoms with Crippen LogP contribution < -0.4 is 19.5 Å². The summed E-state index contributed by atoms with van der Waals surface area (Å²) in [5, 5.41) is 17.0. The Kier molecular flexibility index (Phi) is 5.20. The van der Waals surface area contributed by atoms with Crippen molar-refractivity contribution in [1.29, 1.82) is 0 Å². The Morgan fingerprint density at radius 3 is 2.33 bits per heavy atom. The Balaban J connectivity index is 2.14. The Labute approximate surface area is 137 Å². The van der Waals surface area contributed by atoms with Crippen molar-refractivity contribution in [2.75, 3.05) is 26.6 Å². The van der Waals surface area contributed by atoms with Gasteiger partial charge in [-0.05, 0) is 0 Å². The molecule has 1 amide bonds. The summed E-state index contributed by atoms with van der Waals surface area (Å²) in [6.45, 7) is -0.176. The number of hydrogen-bond acceptors (Lipinski definition) is 7. The Morgan fingerprint density at radius 2 is 1.88 bits per heavy atom. The van der Waals surface area contributed by atoms with Gasteiger partial charge in [-0.3, -0.25) is 19.6 Å². The number of aromatic nitrogens is 2. The van der Waals surface area contributed by atoms with Crippen LogP contribution in [0.15, 0.2) is 24.5 Å². The maximum Gasteiger partial charge on any atom is 0.307 e. The van der Waals surface area contributed by atoms with Crippen LogP contribution in [0.25, 0.3) is 0 Å². The first kappa shape index (κ1) is 17.1. The lowest BCUT2D eigenvalue weighted by molar-refractivity contribution is -0.385. The van der Waals surface area contributed by atoms with Crippen molar-refractivity contribution in [3.05, 3.63) is 34.6 Å². The minimum Gasteiger partial charge on any atom is -0.493 e. The smallest absolute Gasteiger partial charge is 0.307 e. The number of amides is 1. The SMILES string of the molecule is COc1cc(NC(=O)Cn2cc([N+](=O)[O-])cn2)cc(OC)c1OC. The van der Waals surface area contributed by atoms with Crippen LogP contribution >= 0.6 is 0 Å². The molecular weight excluding hydrogens is 320 g/mol. The molecule has 128 valence electrons. The lowest BCUT2D eigenvalue weighted by Crippen LogP contribution is -2.19. The Bertz CT molecular complexity index is 732. The molecule has 0 radical (unpaired) electrons. The number of anilines is 1. The molecule has 0 saturated heterocycles. The second-order valence-electron chi connectivity index (χ2n) is 4.62. The van der Waals surface area contributed by atoms with Crippen molar-refractivity contribution in [3.63, 3.8) is 0 Å².